The molecule has 0 aliphatic heterocycles. The van der Waals surface area contributed by atoms with Crippen molar-refractivity contribution in [1.29, 1.82) is 0 Å². The zero-order valence-corrected chi connectivity index (χ0v) is 9.93. The third-order valence-corrected chi connectivity index (χ3v) is 3.33. The number of nitrogens with one attached hydrogen (secondary N) is 1. The summed E-state index contributed by atoms with van der Waals surface area (Å²) in [5.41, 5.74) is 5.27. The zero-order chi connectivity index (χ0) is 11.1. The van der Waals surface area contributed by atoms with E-state index in [1.807, 2.05) is 19.9 Å². The number of fused-ring (bicyclic) bond motifs is 1. The first-order chi connectivity index (χ1) is 7.75. The van der Waals surface area contributed by atoms with E-state index >= 15 is 0 Å². The second-order valence-corrected chi connectivity index (χ2v) is 4.64. The minimum Gasteiger partial charge on any atom is -0.277 e. The Morgan fingerprint density at radius 2 is 2.19 bits per heavy atom. The van der Waals surface area contributed by atoms with Gasteiger partial charge in [-0.05, 0) is 31.4 Å². The van der Waals surface area contributed by atoms with Crippen LogP contribution >= 0.6 is 11.3 Å². The molecule has 0 bridgehead atoms. The van der Waals surface area contributed by atoms with Crippen LogP contribution in [0, 0.1) is 13.8 Å². The van der Waals surface area contributed by atoms with Crippen LogP contribution in [0.4, 0.5) is 0 Å². The molecule has 0 amide bonds. The van der Waals surface area contributed by atoms with Crippen LogP contribution in [0.2, 0.25) is 0 Å². The fraction of sp³-hybridized carbons (Fsp3) is 0.167. The summed E-state index contributed by atoms with van der Waals surface area (Å²) >= 11 is 1.68. The van der Waals surface area contributed by atoms with Gasteiger partial charge in [0.1, 0.15) is 5.69 Å². The Bertz CT molecular complexity index is 638. The zero-order valence-electron chi connectivity index (χ0n) is 9.11. The fourth-order valence-electron chi connectivity index (χ4n) is 2.00. The van der Waals surface area contributed by atoms with Crippen molar-refractivity contribution in [2.45, 2.75) is 13.8 Å². The van der Waals surface area contributed by atoms with Gasteiger partial charge in [0, 0.05) is 27.7 Å². The Morgan fingerprint density at radius 3 is 2.94 bits per heavy atom. The molecule has 0 aliphatic carbocycles. The van der Waals surface area contributed by atoms with Crippen LogP contribution in [0.5, 0.6) is 0 Å². The van der Waals surface area contributed by atoms with E-state index < -0.39 is 0 Å². The summed E-state index contributed by atoms with van der Waals surface area (Å²) in [6, 6.07) is 4.12. The molecule has 0 saturated carbocycles. The first kappa shape index (κ1) is 9.54. The Morgan fingerprint density at radius 1 is 1.31 bits per heavy atom. The minimum absolute atomic E-state index is 1.00. The monoisotopic (exact) mass is 229 g/mol. The maximum absolute atomic E-state index is 4.49. The van der Waals surface area contributed by atoms with Crippen molar-refractivity contribution < 1.29 is 0 Å². The van der Waals surface area contributed by atoms with E-state index in [4.69, 9.17) is 0 Å². The molecule has 0 radical (unpaired) electrons. The van der Waals surface area contributed by atoms with Crippen LogP contribution in [0.15, 0.2) is 22.9 Å². The summed E-state index contributed by atoms with van der Waals surface area (Å²) in [6.45, 7) is 4.03. The third kappa shape index (κ3) is 1.34. The highest BCUT2D eigenvalue weighted by Crippen LogP contribution is 2.29. The SMILES string of the molecule is Cc1cc2[nH]nc(-c3ccsc3)c2c(C)n1. The van der Waals surface area contributed by atoms with Crippen molar-refractivity contribution in [1.82, 2.24) is 15.2 Å². The summed E-state index contributed by atoms with van der Waals surface area (Å²) in [4.78, 5) is 4.49. The summed E-state index contributed by atoms with van der Waals surface area (Å²) in [5.74, 6) is 0. The molecule has 3 nitrogen and oxygen atoms in total. The standard InChI is InChI=1S/C12H11N3S/c1-7-5-10-11(8(2)13-7)12(15-14-10)9-3-4-16-6-9/h3-6H,1-2H3,(H,14,15). The molecule has 0 aromatic carbocycles. The highest BCUT2D eigenvalue weighted by molar-refractivity contribution is 7.08. The average Bonchev–Trinajstić information content (AvgIpc) is 2.82. The molecule has 16 heavy (non-hydrogen) atoms. The predicted molar refractivity (Wildman–Crippen MR) is 66.7 cm³/mol. The molecule has 0 fully saturated rings. The van der Waals surface area contributed by atoms with E-state index in [9.17, 15) is 0 Å². The lowest BCUT2D eigenvalue weighted by molar-refractivity contribution is 1.12. The van der Waals surface area contributed by atoms with E-state index in [0.717, 1.165) is 33.5 Å². The largest absolute Gasteiger partial charge is 0.277 e. The van der Waals surface area contributed by atoms with Crippen LogP contribution in [-0.4, -0.2) is 15.2 Å². The molecular formula is C12H11N3S. The van der Waals surface area contributed by atoms with Gasteiger partial charge < -0.3 is 0 Å². The summed E-state index contributed by atoms with van der Waals surface area (Å²) in [6.07, 6.45) is 0. The number of H-pyrrole nitrogens is 1. The van der Waals surface area contributed by atoms with E-state index in [0.29, 0.717) is 0 Å². The van der Waals surface area contributed by atoms with Gasteiger partial charge >= 0.3 is 0 Å². The van der Waals surface area contributed by atoms with Crippen LogP contribution in [-0.2, 0) is 0 Å². The van der Waals surface area contributed by atoms with Crippen LogP contribution in [0.25, 0.3) is 22.2 Å². The third-order valence-electron chi connectivity index (χ3n) is 2.65. The van der Waals surface area contributed by atoms with E-state index in [1.165, 1.54) is 0 Å². The molecule has 3 rings (SSSR count). The second-order valence-electron chi connectivity index (χ2n) is 3.86. The molecule has 3 heterocycles. The number of rotatable bonds is 1. The number of aromatic amines is 1. The van der Waals surface area contributed by atoms with Gasteiger partial charge in [-0.2, -0.15) is 16.4 Å². The molecule has 3 aromatic heterocycles. The summed E-state index contributed by atoms with van der Waals surface area (Å²) in [7, 11) is 0. The molecule has 0 spiro atoms. The van der Waals surface area contributed by atoms with Gasteiger partial charge in [-0.3, -0.25) is 10.1 Å². The lowest BCUT2D eigenvalue weighted by Gasteiger charge is -1.99. The molecule has 1 N–H and O–H groups in total. The van der Waals surface area contributed by atoms with Crippen molar-refractivity contribution >= 4 is 22.2 Å². The van der Waals surface area contributed by atoms with Crippen molar-refractivity contribution in [3.05, 3.63) is 34.3 Å². The predicted octanol–water partition coefficient (Wildman–Crippen LogP) is 3.30. The molecule has 0 unspecified atom stereocenters. The Hall–Kier alpha value is -1.68. The van der Waals surface area contributed by atoms with Gasteiger partial charge in [-0.1, -0.05) is 0 Å². The van der Waals surface area contributed by atoms with Crippen molar-refractivity contribution in [3.8, 4) is 11.3 Å². The van der Waals surface area contributed by atoms with Gasteiger partial charge in [-0.25, -0.2) is 0 Å². The smallest absolute Gasteiger partial charge is 0.103 e. The van der Waals surface area contributed by atoms with Crippen LogP contribution in [0.3, 0.4) is 0 Å². The van der Waals surface area contributed by atoms with Crippen molar-refractivity contribution in [2.75, 3.05) is 0 Å². The fourth-order valence-corrected chi connectivity index (χ4v) is 2.64. The number of pyridine rings is 1. The molecule has 80 valence electrons. The lowest BCUT2D eigenvalue weighted by atomic mass is 10.1. The Balaban J connectivity index is 2.36. The number of hydrogen-bond acceptors (Lipinski definition) is 3. The van der Waals surface area contributed by atoms with E-state index in [-0.39, 0.29) is 0 Å². The van der Waals surface area contributed by atoms with Gasteiger partial charge in [0.15, 0.2) is 0 Å². The quantitative estimate of drug-likeness (QED) is 0.695. The van der Waals surface area contributed by atoms with Gasteiger partial charge in [0.2, 0.25) is 0 Å². The maximum atomic E-state index is 4.49. The van der Waals surface area contributed by atoms with Crippen LogP contribution < -0.4 is 0 Å². The highest BCUT2D eigenvalue weighted by atomic mass is 32.1. The lowest BCUT2D eigenvalue weighted by Crippen LogP contribution is -1.87. The van der Waals surface area contributed by atoms with Gasteiger partial charge in [0.05, 0.1) is 5.52 Å². The average molecular weight is 229 g/mol. The number of aromatic nitrogens is 3. The summed E-state index contributed by atoms with van der Waals surface area (Å²) in [5, 5.41) is 12.8. The van der Waals surface area contributed by atoms with Gasteiger partial charge in [0.25, 0.3) is 0 Å². The number of hydrogen-bond donors (Lipinski definition) is 1. The van der Waals surface area contributed by atoms with E-state index in [2.05, 4.69) is 32.0 Å². The first-order valence-corrected chi connectivity index (χ1v) is 6.05. The molecule has 4 heteroatoms. The number of aryl methyl sites for hydroxylation is 2. The number of nitrogens with zero attached hydrogens (tertiary/aromatic N) is 2. The molecule has 0 atom stereocenters. The van der Waals surface area contributed by atoms with E-state index in [1.54, 1.807) is 11.3 Å². The van der Waals surface area contributed by atoms with Crippen LogP contribution in [0.1, 0.15) is 11.4 Å². The van der Waals surface area contributed by atoms with Crippen molar-refractivity contribution in [2.24, 2.45) is 0 Å². The van der Waals surface area contributed by atoms with Crippen molar-refractivity contribution in [3.63, 3.8) is 0 Å². The maximum Gasteiger partial charge on any atom is 0.103 e. The second kappa shape index (κ2) is 3.42. The molecule has 0 aliphatic rings. The summed E-state index contributed by atoms with van der Waals surface area (Å²) < 4.78 is 0. The minimum atomic E-state index is 1.00. The molecule has 0 saturated heterocycles. The number of thiophene rings is 1. The molecule has 3 aromatic rings. The highest BCUT2D eigenvalue weighted by Gasteiger charge is 2.11. The molecular weight excluding hydrogens is 218 g/mol. The normalized spacial score (nSPS) is 11.1. The van der Waals surface area contributed by atoms with Gasteiger partial charge in [-0.15, -0.1) is 0 Å². The Kier molecular flexibility index (Phi) is 2.04. The Labute approximate surface area is 97.2 Å². The first-order valence-electron chi connectivity index (χ1n) is 5.10. The topological polar surface area (TPSA) is 41.6 Å².